The lowest BCUT2D eigenvalue weighted by atomic mass is 10.1. The first-order chi connectivity index (χ1) is 7.66. The Morgan fingerprint density at radius 2 is 2.12 bits per heavy atom. The molecule has 1 N–H and O–H groups in total. The third-order valence-corrected chi connectivity index (χ3v) is 2.42. The second kappa shape index (κ2) is 4.30. The zero-order chi connectivity index (χ0) is 11.5. The first kappa shape index (κ1) is 10.6. The molecule has 1 aromatic rings. The number of hydrogen-bond donors (Lipinski definition) is 1. The Bertz CT molecular complexity index is 428. The van der Waals surface area contributed by atoms with E-state index in [2.05, 4.69) is 15.3 Å². The zero-order valence-corrected chi connectivity index (χ0v) is 8.74. The standard InChI is InChI=1S/C11H11FN2O2/c1-7-10(11(15)16-14-7)6-13-9-4-2-8(12)3-5-9/h2-5,10,13H,6H2,1H3/t10-/m0/s1. The molecule has 1 aliphatic rings. The van der Waals surface area contributed by atoms with E-state index in [0.29, 0.717) is 12.3 Å². The molecule has 0 aliphatic carbocycles. The highest BCUT2D eigenvalue weighted by molar-refractivity contribution is 6.04. The summed E-state index contributed by atoms with van der Waals surface area (Å²) in [5.74, 6) is -0.999. The van der Waals surface area contributed by atoms with E-state index in [1.54, 1.807) is 19.1 Å². The van der Waals surface area contributed by atoms with Gasteiger partial charge in [-0.05, 0) is 31.2 Å². The minimum atomic E-state index is -0.356. The quantitative estimate of drug-likeness (QED) is 0.793. The van der Waals surface area contributed by atoms with E-state index in [-0.39, 0.29) is 17.7 Å². The highest BCUT2D eigenvalue weighted by Gasteiger charge is 2.29. The minimum absolute atomic E-state index is 0.288. The van der Waals surface area contributed by atoms with E-state index >= 15 is 0 Å². The number of hydrogen-bond acceptors (Lipinski definition) is 4. The average molecular weight is 222 g/mol. The van der Waals surface area contributed by atoms with Gasteiger partial charge >= 0.3 is 5.97 Å². The summed E-state index contributed by atoms with van der Waals surface area (Å²) in [5, 5.41) is 6.62. The summed E-state index contributed by atoms with van der Waals surface area (Å²) >= 11 is 0. The number of nitrogens with one attached hydrogen (secondary N) is 1. The Labute approximate surface area is 92.1 Å². The van der Waals surface area contributed by atoms with Crippen molar-refractivity contribution in [3.63, 3.8) is 0 Å². The monoisotopic (exact) mass is 222 g/mol. The molecule has 0 spiro atoms. The molecule has 0 saturated heterocycles. The third-order valence-electron chi connectivity index (χ3n) is 2.42. The molecule has 2 rings (SSSR count). The number of rotatable bonds is 3. The molecule has 5 heteroatoms. The Morgan fingerprint density at radius 3 is 2.69 bits per heavy atom. The fourth-order valence-electron chi connectivity index (χ4n) is 1.43. The molecule has 0 amide bonds. The topological polar surface area (TPSA) is 50.7 Å². The van der Waals surface area contributed by atoms with Gasteiger partial charge in [0, 0.05) is 12.2 Å². The fourth-order valence-corrected chi connectivity index (χ4v) is 1.43. The summed E-state index contributed by atoms with van der Waals surface area (Å²) in [7, 11) is 0. The maximum absolute atomic E-state index is 12.6. The van der Waals surface area contributed by atoms with Crippen molar-refractivity contribution >= 4 is 17.4 Å². The number of anilines is 1. The average Bonchev–Trinajstić information content (AvgIpc) is 2.59. The van der Waals surface area contributed by atoms with Crippen molar-refractivity contribution in [2.75, 3.05) is 11.9 Å². The Kier molecular flexibility index (Phi) is 2.85. The number of oxime groups is 1. The van der Waals surface area contributed by atoms with Crippen LogP contribution < -0.4 is 5.32 Å². The van der Waals surface area contributed by atoms with Crippen LogP contribution in [0.4, 0.5) is 10.1 Å². The summed E-state index contributed by atoms with van der Waals surface area (Å²) in [6.45, 7) is 2.14. The van der Waals surface area contributed by atoms with Crippen molar-refractivity contribution < 1.29 is 14.0 Å². The molecule has 16 heavy (non-hydrogen) atoms. The van der Waals surface area contributed by atoms with Crippen LogP contribution in [0.5, 0.6) is 0 Å². The molecule has 0 aromatic heterocycles. The Morgan fingerprint density at radius 1 is 1.44 bits per heavy atom. The first-order valence-corrected chi connectivity index (χ1v) is 4.91. The van der Waals surface area contributed by atoms with Crippen LogP contribution in [0.3, 0.4) is 0 Å². The minimum Gasteiger partial charge on any atom is -0.384 e. The van der Waals surface area contributed by atoms with Gasteiger partial charge in [0.05, 0.1) is 5.71 Å². The van der Waals surface area contributed by atoms with Crippen LogP contribution in [0.15, 0.2) is 29.4 Å². The van der Waals surface area contributed by atoms with Gasteiger partial charge in [-0.15, -0.1) is 0 Å². The van der Waals surface area contributed by atoms with Gasteiger partial charge in [-0.2, -0.15) is 0 Å². The van der Waals surface area contributed by atoms with Gasteiger partial charge < -0.3 is 10.2 Å². The van der Waals surface area contributed by atoms with Gasteiger partial charge in [-0.25, -0.2) is 9.18 Å². The number of benzene rings is 1. The number of carbonyl (C=O) groups excluding carboxylic acids is 1. The smallest absolute Gasteiger partial charge is 0.345 e. The number of halogens is 1. The third kappa shape index (κ3) is 2.18. The van der Waals surface area contributed by atoms with Gasteiger partial charge in [0.15, 0.2) is 0 Å². The fraction of sp³-hybridized carbons (Fsp3) is 0.273. The van der Waals surface area contributed by atoms with Gasteiger partial charge in [-0.3, -0.25) is 0 Å². The maximum atomic E-state index is 12.6. The van der Waals surface area contributed by atoms with Crippen molar-refractivity contribution in [2.24, 2.45) is 11.1 Å². The van der Waals surface area contributed by atoms with Crippen LogP contribution >= 0.6 is 0 Å². The lowest BCUT2D eigenvalue weighted by molar-refractivity contribution is -0.143. The SMILES string of the molecule is CC1=NOC(=O)[C@H]1CNc1ccc(F)cc1. The summed E-state index contributed by atoms with van der Waals surface area (Å²) in [4.78, 5) is 15.8. The molecule has 84 valence electrons. The molecule has 1 aromatic carbocycles. The molecule has 4 nitrogen and oxygen atoms in total. The van der Waals surface area contributed by atoms with E-state index < -0.39 is 0 Å². The summed E-state index contributed by atoms with van der Waals surface area (Å²) in [6.07, 6.45) is 0. The van der Waals surface area contributed by atoms with Crippen LogP contribution in [0.2, 0.25) is 0 Å². The lowest BCUT2D eigenvalue weighted by Crippen LogP contribution is -2.25. The zero-order valence-electron chi connectivity index (χ0n) is 8.74. The lowest BCUT2D eigenvalue weighted by Gasteiger charge is -2.09. The molecule has 0 unspecified atom stereocenters. The van der Waals surface area contributed by atoms with Crippen LogP contribution in [0.25, 0.3) is 0 Å². The Hall–Kier alpha value is -1.91. The molecule has 0 fully saturated rings. The van der Waals surface area contributed by atoms with Crippen molar-refractivity contribution in [1.82, 2.24) is 0 Å². The predicted octanol–water partition coefficient (Wildman–Crippen LogP) is 1.79. The predicted molar refractivity (Wildman–Crippen MR) is 57.6 cm³/mol. The maximum Gasteiger partial charge on any atom is 0.345 e. The second-order valence-electron chi connectivity index (χ2n) is 3.58. The highest BCUT2D eigenvalue weighted by atomic mass is 19.1. The molecule has 0 saturated carbocycles. The van der Waals surface area contributed by atoms with Crippen LogP contribution in [-0.4, -0.2) is 18.2 Å². The summed E-state index contributed by atoms with van der Waals surface area (Å²) in [6, 6.07) is 5.94. The van der Waals surface area contributed by atoms with E-state index in [1.165, 1.54) is 12.1 Å². The molecule has 0 radical (unpaired) electrons. The van der Waals surface area contributed by atoms with Crippen molar-refractivity contribution in [3.05, 3.63) is 30.1 Å². The first-order valence-electron chi connectivity index (χ1n) is 4.91. The van der Waals surface area contributed by atoms with Crippen LogP contribution in [0, 0.1) is 11.7 Å². The van der Waals surface area contributed by atoms with Crippen LogP contribution in [-0.2, 0) is 9.63 Å². The van der Waals surface area contributed by atoms with Gasteiger partial charge in [0.25, 0.3) is 0 Å². The molecule has 1 aliphatic heterocycles. The van der Waals surface area contributed by atoms with E-state index in [9.17, 15) is 9.18 Å². The summed E-state index contributed by atoms with van der Waals surface area (Å²) in [5.41, 5.74) is 1.41. The van der Waals surface area contributed by atoms with E-state index in [4.69, 9.17) is 0 Å². The largest absolute Gasteiger partial charge is 0.384 e. The van der Waals surface area contributed by atoms with E-state index in [1.807, 2.05) is 0 Å². The Balaban J connectivity index is 1.95. The number of nitrogens with zero attached hydrogens (tertiary/aromatic N) is 1. The van der Waals surface area contributed by atoms with Gasteiger partial charge in [0.1, 0.15) is 11.7 Å². The summed E-state index contributed by atoms with van der Waals surface area (Å²) < 4.78 is 12.6. The molecular weight excluding hydrogens is 211 g/mol. The van der Waals surface area contributed by atoms with Gasteiger partial charge in [-0.1, -0.05) is 5.16 Å². The van der Waals surface area contributed by atoms with E-state index in [0.717, 1.165) is 5.69 Å². The second-order valence-corrected chi connectivity index (χ2v) is 3.58. The highest BCUT2D eigenvalue weighted by Crippen LogP contribution is 2.14. The van der Waals surface area contributed by atoms with Crippen molar-refractivity contribution in [2.45, 2.75) is 6.92 Å². The molecule has 1 heterocycles. The molecular formula is C11H11FN2O2. The number of carbonyl (C=O) groups is 1. The molecule has 0 bridgehead atoms. The molecule has 1 atom stereocenters. The van der Waals surface area contributed by atoms with Crippen LogP contribution in [0.1, 0.15) is 6.92 Å². The van der Waals surface area contributed by atoms with Gasteiger partial charge in [0.2, 0.25) is 0 Å². The van der Waals surface area contributed by atoms with Crippen molar-refractivity contribution in [3.8, 4) is 0 Å². The normalized spacial score (nSPS) is 19.2. The van der Waals surface area contributed by atoms with Crippen molar-refractivity contribution in [1.29, 1.82) is 0 Å².